The van der Waals surface area contributed by atoms with Crippen LogP contribution in [0.25, 0.3) is 27.9 Å². The Labute approximate surface area is 331 Å². The number of fused-ring (bicyclic) bond motifs is 2. The number of nitrogens with zero attached hydrogens (tertiary/aromatic N) is 7. The molecule has 3 amide bonds. The van der Waals surface area contributed by atoms with E-state index in [1.54, 1.807) is 34.6 Å². The average Bonchev–Trinajstić information content (AvgIpc) is 3.75. The summed E-state index contributed by atoms with van der Waals surface area (Å²) in [7, 11) is 1.78. The molecule has 4 aromatic heterocycles. The molecule has 0 bridgehead atoms. The number of nitrogens with one attached hydrogen (secondary N) is 3. The number of aromatic nitrogens is 5. The van der Waals surface area contributed by atoms with Crippen molar-refractivity contribution in [3.8, 4) is 11.9 Å². The lowest BCUT2D eigenvalue weighted by atomic mass is 9.81. The Morgan fingerprint density at radius 2 is 1.75 bits per heavy atom. The summed E-state index contributed by atoms with van der Waals surface area (Å²) < 4.78 is 5.11. The van der Waals surface area contributed by atoms with Gasteiger partial charge >= 0.3 is 5.69 Å². The fraction of sp³-hybridized carbons (Fsp3) is 0.465. The first-order valence-corrected chi connectivity index (χ1v) is 20.3. The Morgan fingerprint density at radius 1 is 0.982 bits per heavy atom. The number of hydrogen-bond acceptors (Lipinski definition) is 9. The largest absolute Gasteiger partial charge is 0.382 e. The van der Waals surface area contributed by atoms with Gasteiger partial charge in [0.2, 0.25) is 11.8 Å². The Bertz CT molecular complexity index is 2440. The molecule has 8 rings (SSSR count). The number of piperidine rings is 2. The molecule has 296 valence electrons. The summed E-state index contributed by atoms with van der Waals surface area (Å²) in [5, 5.41) is 19.1. The molecule has 1 unspecified atom stereocenters. The first-order chi connectivity index (χ1) is 27.6. The summed E-state index contributed by atoms with van der Waals surface area (Å²) in [6.45, 7) is 7.78. The molecule has 1 aliphatic carbocycles. The number of anilines is 1. The number of carbonyl (C=O) groups excluding carboxylic acids is 3. The first kappa shape index (κ1) is 38.1. The maximum atomic E-state index is 13.5. The number of hydrogen-bond donors (Lipinski definition) is 3. The monoisotopic (exact) mass is 770 g/mol. The molecule has 1 atom stereocenters. The smallest absolute Gasteiger partial charge is 0.329 e. The van der Waals surface area contributed by atoms with Gasteiger partial charge in [-0.3, -0.25) is 33.4 Å². The molecule has 3 fully saturated rings. The van der Waals surface area contributed by atoms with Crippen LogP contribution < -0.4 is 21.6 Å². The van der Waals surface area contributed by atoms with Crippen LogP contribution in [0.4, 0.5) is 5.69 Å². The highest BCUT2D eigenvalue weighted by Crippen LogP contribution is 2.36. The van der Waals surface area contributed by atoms with Crippen molar-refractivity contribution in [3.05, 3.63) is 82.2 Å². The van der Waals surface area contributed by atoms with E-state index in [-0.39, 0.29) is 30.0 Å². The number of likely N-dealkylation sites (tertiary alicyclic amines) is 1. The van der Waals surface area contributed by atoms with E-state index < -0.39 is 11.9 Å². The van der Waals surface area contributed by atoms with Gasteiger partial charge < -0.3 is 15.5 Å². The first-order valence-electron chi connectivity index (χ1n) is 20.3. The highest BCUT2D eigenvalue weighted by Gasteiger charge is 2.33. The standard InChI is InChI=1S/C43H50N10O4/c1-26(2)48-34-20-37(52-18-15-31-19-29(21-44)23-46-40(31)52)45-24-33(34)41(55)47-22-27-7-9-28(10-8-27)25-51-16-13-30(14-17-51)32-5-4-6-35-39(32)50(3)43(57)53(35)36-11-12-38(54)49-42(36)56/h4-6,15,18-20,23-24,26-28,30,36H,7-14,16-17,22,25H2,1-3H3,(H,45,48)(H,47,55)(H,49,54,56). The van der Waals surface area contributed by atoms with Crippen molar-refractivity contribution in [2.75, 3.05) is 31.5 Å². The highest BCUT2D eigenvalue weighted by atomic mass is 16.2. The lowest BCUT2D eigenvalue weighted by Crippen LogP contribution is -2.44. The van der Waals surface area contributed by atoms with Gasteiger partial charge in [0.1, 0.15) is 23.6 Å². The zero-order chi connectivity index (χ0) is 39.8. The van der Waals surface area contributed by atoms with Crippen molar-refractivity contribution in [2.24, 2.45) is 18.9 Å². The topological polar surface area (TPSA) is 172 Å². The number of imidazole rings is 1. The molecule has 14 heteroatoms. The number of imide groups is 1. The molecule has 1 saturated carbocycles. The van der Waals surface area contributed by atoms with E-state index >= 15 is 0 Å². The summed E-state index contributed by atoms with van der Waals surface area (Å²) in [6.07, 6.45) is 12.0. The molecular formula is C43H50N10O4. The minimum absolute atomic E-state index is 0.106. The molecule has 2 saturated heterocycles. The molecule has 57 heavy (non-hydrogen) atoms. The summed E-state index contributed by atoms with van der Waals surface area (Å²) in [5.41, 5.74) is 4.97. The number of aryl methyl sites for hydroxylation is 1. The van der Waals surface area contributed by atoms with Gasteiger partial charge in [-0.1, -0.05) is 12.1 Å². The second-order valence-corrected chi connectivity index (χ2v) is 16.4. The number of carbonyl (C=O) groups is 3. The van der Waals surface area contributed by atoms with E-state index in [1.807, 2.05) is 48.9 Å². The van der Waals surface area contributed by atoms with Crippen LogP contribution in [0, 0.1) is 23.2 Å². The number of rotatable bonds is 10. The zero-order valence-corrected chi connectivity index (χ0v) is 32.8. The molecule has 1 aromatic carbocycles. The number of amides is 3. The number of nitriles is 1. The Morgan fingerprint density at radius 3 is 2.49 bits per heavy atom. The fourth-order valence-electron chi connectivity index (χ4n) is 9.23. The van der Waals surface area contributed by atoms with E-state index in [9.17, 15) is 24.4 Å². The normalized spacial score (nSPS) is 20.9. The fourth-order valence-corrected chi connectivity index (χ4v) is 9.23. The molecule has 3 N–H and O–H groups in total. The zero-order valence-electron chi connectivity index (χ0n) is 32.8. The van der Waals surface area contributed by atoms with E-state index in [1.165, 1.54) is 0 Å². The van der Waals surface area contributed by atoms with Gasteiger partial charge in [-0.2, -0.15) is 5.26 Å². The minimum atomic E-state index is -0.685. The van der Waals surface area contributed by atoms with Crippen LogP contribution in [0.1, 0.15) is 98.7 Å². The van der Waals surface area contributed by atoms with Gasteiger partial charge in [0, 0.05) is 62.6 Å². The van der Waals surface area contributed by atoms with Gasteiger partial charge in [-0.15, -0.1) is 0 Å². The molecule has 3 aliphatic rings. The second kappa shape index (κ2) is 16.0. The Balaban J connectivity index is 0.839. The number of benzene rings is 1. The van der Waals surface area contributed by atoms with Gasteiger partial charge in [0.25, 0.3) is 5.91 Å². The molecule has 5 aromatic rings. The van der Waals surface area contributed by atoms with E-state index in [0.29, 0.717) is 59.0 Å². The van der Waals surface area contributed by atoms with Gasteiger partial charge in [0.05, 0.1) is 27.8 Å². The van der Waals surface area contributed by atoms with Crippen molar-refractivity contribution >= 4 is 45.5 Å². The maximum absolute atomic E-state index is 13.5. The third-order valence-corrected chi connectivity index (χ3v) is 12.2. The number of pyridine rings is 2. The molecule has 2 aliphatic heterocycles. The van der Waals surface area contributed by atoms with Crippen LogP contribution in [-0.4, -0.2) is 78.5 Å². The van der Waals surface area contributed by atoms with E-state index in [4.69, 9.17) is 0 Å². The van der Waals surface area contributed by atoms with Crippen molar-refractivity contribution in [1.29, 1.82) is 5.26 Å². The summed E-state index contributed by atoms with van der Waals surface area (Å²) in [6, 6.07) is 13.2. The molecule has 0 spiro atoms. The SMILES string of the molecule is CC(C)Nc1cc(-n2ccc3cc(C#N)cnc32)ncc1C(=O)NCC1CCC(CN2CCC(c3cccc4c3n(C)c(=O)n4C3CCC(=O)NC3=O)CC2)CC1. The van der Waals surface area contributed by atoms with Crippen molar-refractivity contribution in [2.45, 2.75) is 83.2 Å². The Hall–Kier alpha value is -5.81. The van der Waals surface area contributed by atoms with Crippen molar-refractivity contribution in [3.63, 3.8) is 0 Å². The molecule has 6 heterocycles. The average molecular weight is 771 g/mol. The summed E-state index contributed by atoms with van der Waals surface area (Å²) in [5.74, 6) is 1.17. The lowest BCUT2D eigenvalue weighted by molar-refractivity contribution is -0.135. The third kappa shape index (κ3) is 7.68. The number of para-hydroxylation sites is 1. The van der Waals surface area contributed by atoms with Crippen molar-refractivity contribution in [1.82, 2.24) is 39.2 Å². The van der Waals surface area contributed by atoms with Crippen LogP contribution in [0.2, 0.25) is 0 Å². The van der Waals surface area contributed by atoms with Crippen LogP contribution in [0.3, 0.4) is 0 Å². The predicted octanol–water partition coefficient (Wildman–Crippen LogP) is 5.16. The lowest BCUT2D eigenvalue weighted by Gasteiger charge is -2.37. The molecular weight excluding hydrogens is 721 g/mol. The van der Waals surface area contributed by atoms with Crippen LogP contribution in [-0.2, 0) is 16.6 Å². The maximum Gasteiger partial charge on any atom is 0.329 e. The highest BCUT2D eigenvalue weighted by molar-refractivity contribution is 6.00. The van der Waals surface area contributed by atoms with Gasteiger partial charge in [-0.05, 0) is 113 Å². The second-order valence-electron chi connectivity index (χ2n) is 16.4. The summed E-state index contributed by atoms with van der Waals surface area (Å²) in [4.78, 5) is 63.2. The van der Waals surface area contributed by atoms with Crippen LogP contribution in [0.5, 0.6) is 0 Å². The quantitative estimate of drug-likeness (QED) is 0.162. The predicted molar refractivity (Wildman–Crippen MR) is 217 cm³/mol. The Kier molecular flexibility index (Phi) is 10.7. The minimum Gasteiger partial charge on any atom is -0.382 e. The molecule has 0 radical (unpaired) electrons. The van der Waals surface area contributed by atoms with E-state index in [2.05, 4.69) is 43.0 Å². The van der Waals surface area contributed by atoms with Crippen molar-refractivity contribution < 1.29 is 14.4 Å². The van der Waals surface area contributed by atoms with Crippen LogP contribution >= 0.6 is 0 Å². The van der Waals surface area contributed by atoms with Gasteiger partial charge in [0.15, 0.2) is 0 Å². The summed E-state index contributed by atoms with van der Waals surface area (Å²) >= 11 is 0. The van der Waals surface area contributed by atoms with Crippen LogP contribution in [0.15, 0.2) is 59.8 Å². The third-order valence-electron chi connectivity index (χ3n) is 12.2. The van der Waals surface area contributed by atoms with Gasteiger partial charge in [-0.25, -0.2) is 14.8 Å². The van der Waals surface area contributed by atoms with E-state index in [0.717, 1.165) is 80.1 Å². The molecule has 14 nitrogen and oxygen atoms in total.